The molecular weight excluding hydrogens is 361 g/mol. The van der Waals surface area contributed by atoms with Gasteiger partial charge in [0.05, 0.1) is 0 Å². The summed E-state index contributed by atoms with van der Waals surface area (Å²) >= 11 is 0. The fourth-order valence-corrected chi connectivity index (χ4v) is 3.05. The highest BCUT2D eigenvalue weighted by atomic mass is 19.1. The van der Waals surface area contributed by atoms with Crippen LogP contribution in [0.25, 0.3) is 11.0 Å². The van der Waals surface area contributed by atoms with Crippen molar-refractivity contribution >= 4 is 17.0 Å². The van der Waals surface area contributed by atoms with Gasteiger partial charge in [0.25, 0.3) is 0 Å². The van der Waals surface area contributed by atoms with Crippen molar-refractivity contribution in [1.82, 2.24) is 14.6 Å². The van der Waals surface area contributed by atoms with Crippen LogP contribution < -0.4 is 21.5 Å². The van der Waals surface area contributed by atoms with Crippen LogP contribution in [0.5, 0.6) is 11.5 Å². The Kier molecular flexibility index (Phi) is 6.08. The summed E-state index contributed by atoms with van der Waals surface area (Å²) in [6.07, 6.45) is 5.66. The number of nitrogen functional groups attached to an aromatic ring is 1. The summed E-state index contributed by atoms with van der Waals surface area (Å²) in [6, 6.07) is 7.56. The SMILES string of the molecule is CCCC(CCC)Nc1ncc2cc(Oc3ccccc3F)c(=O)n(N)c2n1. The van der Waals surface area contributed by atoms with Crippen molar-refractivity contribution in [3.05, 3.63) is 52.7 Å². The van der Waals surface area contributed by atoms with Gasteiger partial charge in [0.15, 0.2) is 23.0 Å². The number of hydrogen-bond donors (Lipinski definition) is 2. The number of fused-ring (bicyclic) bond motifs is 1. The van der Waals surface area contributed by atoms with E-state index in [1.54, 1.807) is 12.3 Å². The third-order valence-electron chi connectivity index (χ3n) is 4.40. The number of aromatic nitrogens is 3. The zero-order valence-electron chi connectivity index (χ0n) is 16.0. The van der Waals surface area contributed by atoms with Gasteiger partial charge in [0.1, 0.15) is 0 Å². The van der Waals surface area contributed by atoms with Crippen LogP contribution in [-0.4, -0.2) is 20.7 Å². The van der Waals surface area contributed by atoms with E-state index in [0.717, 1.165) is 30.4 Å². The summed E-state index contributed by atoms with van der Waals surface area (Å²) in [5.41, 5.74) is -0.339. The molecule has 3 rings (SSSR count). The molecule has 0 fully saturated rings. The number of nitrogens with zero attached hydrogens (tertiary/aromatic N) is 3. The van der Waals surface area contributed by atoms with Crippen LogP contribution in [0, 0.1) is 5.82 Å². The van der Waals surface area contributed by atoms with Crippen molar-refractivity contribution in [2.24, 2.45) is 0 Å². The first-order chi connectivity index (χ1) is 13.5. The molecule has 0 aliphatic rings. The number of pyridine rings is 1. The van der Waals surface area contributed by atoms with Crippen LogP contribution in [-0.2, 0) is 0 Å². The number of hydrogen-bond acceptors (Lipinski definition) is 6. The second kappa shape index (κ2) is 8.69. The van der Waals surface area contributed by atoms with E-state index in [1.807, 2.05) is 0 Å². The zero-order chi connectivity index (χ0) is 20.1. The Morgan fingerprint density at radius 2 is 1.93 bits per heavy atom. The molecule has 0 aliphatic heterocycles. The first-order valence-corrected chi connectivity index (χ1v) is 9.40. The standard InChI is InChI=1S/C20H24FN5O2/c1-3-7-14(8-4-2)24-20-23-12-13-11-17(19(27)26(22)18(13)25-20)28-16-10-6-5-9-15(16)21/h5-6,9-12,14H,3-4,7-8,22H2,1-2H3,(H,23,24,25). The Balaban J connectivity index is 1.94. The van der Waals surface area contributed by atoms with Crippen molar-refractivity contribution < 1.29 is 9.13 Å². The molecule has 0 saturated carbocycles. The Morgan fingerprint density at radius 3 is 2.61 bits per heavy atom. The van der Waals surface area contributed by atoms with Crippen LogP contribution in [0.1, 0.15) is 39.5 Å². The van der Waals surface area contributed by atoms with Gasteiger partial charge in [0, 0.05) is 17.6 Å². The number of nitrogens with two attached hydrogens (primary N) is 1. The van der Waals surface area contributed by atoms with Crippen molar-refractivity contribution in [2.75, 3.05) is 11.2 Å². The molecule has 1 aromatic carbocycles. The minimum atomic E-state index is -0.612. The number of para-hydroxylation sites is 1. The highest BCUT2D eigenvalue weighted by Crippen LogP contribution is 2.24. The number of rotatable bonds is 8. The predicted molar refractivity (Wildman–Crippen MR) is 108 cm³/mol. The van der Waals surface area contributed by atoms with E-state index in [0.29, 0.717) is 11.3 Å². The highest BCUT2D eigenvalue weighted by molar-refractivity contribution is 5.77. The number of ether oxygens (including phenoxy) is 1. The molecule has 0 saturated heterocycles. The van der Waals surface area contributed by atoms with Gasteiger partial charge in [0.2, 0.25) is 5.95 Å². The Hall–Kier alpha value is -3.16. The van der Waals surface area contributed by atoms with Gasteiger partial charge < -0.3 is 15.9 Å². The maximum absolute atomic E-state index is 13.8. The lowest BCUT2D eigenvalue weighted by Gasteiger charge is -2.17. The molecule has 0 unspecified atom stereocenters. The van der Waals surface area contributed by atoms with Crippen molar-refractivity contribution in [3.63, 3.8) is 0 Å². The summed E-state index contributed by atoms with van der Waals surface area (Å²) in [4.78, 5) is 21.3. The van der Waals surface area contributed by atoms with Crippen LogP contribution >= 0.6 is 0 Å². The van der Waals surface area contributed by atoms with Gasteiger partial charge in [-0.3, -0.25) is 4.79 Å². The summed E-state index contributed by atoms with van der Waals surface area (Å²) in [5.74, 6) is 5.63. The van der Waals surface area contributed by atoms with E-state index in [-0.39, 0.29) is 23.2 Å². The van der Waals surface area contributed by atoms with E-state index < -0.39 is 11.4 Å². The molecule has 7 nitrogen and oxygen atoms in total. The lowest BCUT2D eigenvalue weighted by Crippen LogP contribution is -2.29. The minimum Gasteiger partial charge on any atom is -0.448 e. The molecule has 28 heavy (non-hydrogen) atoms. The molecular formula is C20H24FN5O2. The normalized spacial score (nSPS) is 11.1. The minimum absolute atomic E-state index is 0.0554. The molecule has 0 amide bonds. The number of halogens is 1. The second-order valence-corrected chi connectivity index (χ2v) is 6.61. The van der Waals surface area contributed by atoms with Gasteiger partial charge in [-0.1, -0.05) is 38.8 Å². The van der Waals surface area contributed by atoms with Crippen LogP contribution in [0.3, 0.4) is 0 Å². The maximum atomic E-state index is 13.8. The molecule has 0 radical (unpaired) electrons. The fraction of sp³-hybridized carbons (Fsp3) is 0.350. The Morgan fingerprint density at radius 1 is 1.21 bits per heavy atom. The maximum Gasteiger partial charge on any atom is 0.313 e. The van der Waals surface area contributed by atoms with Crippen molar-refractivity contribution in [2.45, 2.75) is 45.6 Å². The van der Waals surface area contributed by atoms with Crippen LogP contribution in [0.2, 0.25) is 0 Å². The number of anilines is 1. The Labute approximate surface area is 162 Å². The average molecular weight is 385 g/mol. The highest BCUT2D eigenvalue weighted by Gasteiger charge is 2.15. The zero-order valence-corrected chi connectivity index (χ0v) is 16.0. The second-order valence-electron chi connectivity index (χ2n) is 6.61. The van der Waals surface area contributed by atoms with Crippen molar-refractivity contribution in [1.29, 1.82) is 0 Å². The summed E-state index contributed by atoms with van der Waals surface area (Å²) in [5, 5.41) is 3.82. The van der Waals surface area contributed by atoms with Gasteiger partial charge in [-0.05, 0) is 31.0 Å². The first kappa shape index (κ1) is 19.6. The first-order valence-electron chi connectivity index (χ1n) is 9.40. The monoisotopic (exact) mass is 385 g/mol. The third kappa shape index (κ3) is 4.21. The summed E-state index contributed by atoms with van der Waals surface area (Å²) in [6.45, 7) is 4.25. The molecule has 8 heteroatoms. The molecule has 3 aromatic rings. The van der Waals surface area contributed by atoms with Gasteiger partial charge in [-0.2, -0.15) is 4.98 Å². The largest absolute Gasteiger partial charge is 0.448 e. The van der Waals surface area contributed by atoms with E-state index in [2.05, 4.69) is 29.1 Å². The quantitative estimate of drug-likeness (QED) is 0.573. The van der Waals surface area contributed by atoms with Crippen LogP contribution in [0.15, 0.2) is 41.3 Å². The molecule has 148 valence electrons. The summed E-state index contributed by atoms with van der Waals surface area (Å²) < 4.78 is 20.1. The van der Waals surface area contributed by atoms with E-state index in [1.165, 1.54) is 24.3 Å². The molecule has 0 atom stereocenters. The van der Waals surface area contributed by atoms with Crippen molar-refractivity contribution in [3.8, 4) is 11.5 Å². The van der Waals surface area contributed by atoms with Gasteiger partial charge >= 0.3 is 5.56 Å². The van der Waals surface area contributed by atoms with Crippen LogP contribution in [0.4, 0.5) is 10.3 Å². The average Bonchev–Trinajstić information content (AvgIpc) is 2.68. The molecule has 3 N–H and O–H groups in total. The molecule has 0 spiro atoms. The van der Waals surface area contributed by atoms with Gasteiger partial charge in [-0.25, -0.2) is 14.1 Å². The number of benzene rings is 1. The Bertz CT molecular complexity index is 1020. The lowest BCUT2D eigenvalue weighted by atomic mass is 10.1. The van der Waals surface area contributed by atoms with E-state index in [4.69, 9.17) is 10.6 Å². The molecule has 2 heterocycles. The van der Waals surface area contributed by atoms with Gasteiger partial charge in [-0.15, -0.1) is 0 Å². The predicted octanol–water partition coefficient (Wildman–Crippen LogP) is 3.82. The summed E-state index contributed by atoms with van der Waals surface area (Å²) in [7, 11) is 0. The fourth-order valence-electron chi connectivity index (χ4n) is 3.05. The molecule has 0 bridgehead atoms. The van der Waals surface area contributed by atoms with E-state index >= 15 is 0 Å². The molecule has 2 aromatic heterocycles. The lowest BCUT2D eigenvalue weighted by molar-refractivity contribution is 0.435. The molecule has 0 aliphatic carbocycles. The topological polar surface area (TPSA) is 95.1 Å². The smallest absolute Gasteiger partial charge is 0.313 e. The number of nitrogens with one attached hydrogen (secondary N) is 1. The third-order valence-corrected chi connectivity index (χ3v) is 4.40. The van der Waals surface area contributed by atoms with E-state index in [9.17, 15) is 9.18 Å².